The van der Waals surface area contributed by atoms with Crippen LogP contribution in [0.4, 0.5) is 27.7 Å². The molecule has 1 N–H and O–H groups in total. The van der Waals surface area contributed by atoms with E-state index in [2.05, 4.69) is 4.90 Å². The van der Waals surface area contributed by atoms with Crippen molar-refractivity contribution in [1.29, 1.82) is 0 Å². The van der Waals surface area contributed by atoms with Gasteiger partial charge >= 0.3 is 6.09 Å². The normalized spacial score (nSPS) is 17.7. The SMILES string of the molecule is Cc1nc(N2CCN(C(=O)O)c3ccccc32)ccc1N1CCN(S(C)(=O)=O)CC1. The Kier molecular flexibility index (Phi) is 5.29. The van der Waals surface area contributed by atoms with Crippen LogP contribution in [0.1, 0.15) is 5.69 Å². The van der Waals surface area contributed by atoms with E-state index in [1.165, 1.54) is 15.5 Å². The van der Waals surface area contributed by atoms with Crippen molar-refractivity contribution in [1.82, 2.24) is 9.29 Å². The third kappa shape index (κ3) is 3.80. The summed E-state index contributed by atoms with van der Waals surface area (Å²) in [5.74, 6) is 0.767. The Bertz CT molecular complexity index is 1070. The second-order valence-electron chi connectivity index (χ2n) is 7.50. The van der Waals surface area contributed by atoms with Crippen molar-refractivity contribution in [3.8, 4) is 0 Å². The monoisotopic (exact) mass is 431 g/mol. The van der Waals surface area contributed by atoms with Gasteiger partial charge in [0.05, 0.1) is 29.0 Å². The zero-order chi connectivity index (χ0) is 21.5. The Balaban J connectivity index is 1.57. The van der Waals surface area contributed by atoms with Crippen molar-refractivity contribution in [2.45, 2.75) is 6.92 Å². The average Bonchev–Trinajstić information content (AvgIpc) is 2.72. The Morgan fingerprint density at radius 2 is 1.60 bits per heavy atom. The van der Waals surface area contributed by atoms with Crippen LogP contribution in [0.2, 0.25) is 0 Å². The Hall–Kier alpha value is -2.85. The predicted octanol–water partition coefficient (Wildman–Crippen LogP) is 2.11. The van der Waals surface area contributed by atoms with E-state index in [4.69, 9.17) is 4.98 Å². The first kappa shape index (κ1) is 20.4. The molecule has 0 bridgehead atoms. The molecule has 2 aromatic rings. The number of carboxylic acid groups (broad SMARTS) is 1. The highest BCUT2D eigenvalue weighted by molar-refractivity contribution is 7.88. The number of piperazine rings is 1. The fourth-order valence-corrected chi connectivity index (χ4v) is 4.91. The lowest BCUT2D eigenvalue weighted by Crippen LogP contribution is -2.48. The molecule has 1 aromatic carbocycles. The van der Waals surface area contributed by atoms with E-state index in [0.717, 1.165) is 22.9 Å². The number of para-hydroxylation sites is 2. The number of aromatic nitrogens is 1. The molecule has 0 spiro atoms. The van der Waals surface area contributed by atoms with Crippen LogP contribution in [0.25, 0.3) is 0 Å². The molecule has 160 valence electrons. The first-order chi connectivity index (χ1) is 14.3. The number of hydrogen-bond acceptors (Lipinski definition) is 6. The van der Waals surface area contributed by atoms with Gasteiger partial charge in [-0.1, -0.05) is 12.1 Å². The standard InChI is InChI=1S/C20H25N5O4S/c1-15-16(22-9-11-23(12-10-22)30(2,28)29)7-8-19(21-15)24-13-14-25(20(26)27)18-6-4-3-5-17(18)24/h3-8H,9-14H2,1-2H3,(H,26,27). The minimum absolute atomic E-state index is 0.363. The highest BCUT2D eigenvalue weighted by Crippen LogP contribution is 2.37. The van der Waals surface area contributed by atoms with Gasteiger partial charge in [0, 0.05) is 39.3 Å². The number of rotatable bonds is 3. The summed E-state index contributed by atoms with van der Waals surface area (Å²) in [5.41, 5.74) is 3.31. The molecule has 1 saturated heterocycles. The maximum Gasteiger partial charge on any atom is 0.411 e. The fourth-order valence-electron chi connectivity index (χ4n) is 4.08. The lowest BCUT2D eigenvalue weighted by Gasteiger charge is -2.37. The van der Waals surface area contributed by atoms with Gasteiger partial charge in [0.25, 0.3) is 0 Å². The van der Waals surface area contributed by atoms with E-state index in [-0.39, 0.29) is 0 Å². The Labute approximate surface area is 176 Å². The zero-order valence-electron chi connectivity index (χ0n) is 17.0. The maximum atomic E-state index is 11.7. The predicted molar refractivity (Wildman–Crippen MR) is 116 cm³/mol. The lowest BCUT2D eigenvalue weighted by molar-refractivity contribution is 0.201. The molecule has 0 unspecified atom stereocenters. The molecule has 2 aliphatic heterocycles. The maximum absolute atomic E-state index is 11.7. The molecule has 0 radical (unpaired) electrons. The number of sulfonamides is 1. The largest absolute Gasteiger partial charge is 0.465 e. The van der Waals surface area contributed by atoms with Crippen molar-refractivity contribution < 1.29 is 18.3 Å². The summed E-state index contributed by atoms with van der Waals surface area (Å²) in [7, 11) is -3.16. The summed E-state index contributed by atoms with van der Waals surface area (Å²) in [6.07, 6.45) is 0.279. The van der Waals surface area contributed by atoms with Crippen LogP contribution in [0.3, 0.4) is 0 Å². The Morgan fingerprint density at radius 3 is 2.20 bits per heavy atom. The minimum Gasteiger partial charge on any atom is -0.465 e. The minimum atomic E-state index is -3.16. The van der Waals surface area contributed by atoms with Crippen LogP contribution in [0.15, 0.2) is 36.4 Å². The van der Waals surface area contributed by atoms with Gasteiger partial charge in [-0.25, -0.2) is 18.2 Å². The van der Waals surface area contributed by atoms with Crippen molar-refractivity contribution in [3.63, 3.8) is 0 Å². The van der Waals surface area contributed by atoms with Crippen molar-refractivity contribution in [3.05, 3.63) is 42.1 Å². The third-order valence-corrected chi connectivity index (χ3v) is 6.91. The summed E-state index contributed by atoms with van der Waals surface area (Å²) in [6, 6.07) is 11.4. The molecular formula is C20H25N5O4S. The van der Waals surface area contributed by atoms with Crippen LogP contribution in [0.5, 0.6) is 0 Å². The first-order valence-corrected chi connectivity index (χ1v) is 11.7. The average molecular weight is 432 g/mol. The molecule has 10 heteroatoms. The smallest absolute Gasteiger partial charge is 0.411 e. The molecule has 1 aromatic heterocycles. The number of aryl methyl sites for hydroxylation is 1. The number of nitrogens with zero attached hydrogens (tertiary/aromatic N) is 5. The number of anilines is 4. The van der Waals surface area contributed by atoms with Gasteiger partial charge < -0.3 is 14.9 Å². The summed E-state index contributed by atoms with van der Waals surface area (Å²) < 4.78 is 25.0. The molecule has 1 fully saturated rings. The molecule has 4 rings (SSSR count). The molecule has 9 nitrogen and oxygen atoms in total. The molecule has 30 heavy (non-hydrogen) atoms. The van der Waals surface area contributed by atoms with E-state index in [9.17, 15) is 18.3 Å². The Morgan fingerprint density at radius 1 is 0.933 bits per heavy atom. The molecule has 2 aliphatic rings. The number of pyridine rings is 1. The van der Waals surface area contributed by atoms with Gasteiger partial charge in [-0.05, 0) is 31.2 Å². The zero-order valence-corrected chi connectivity index (χ0v) is 17.8. The fraction of sp³-hybridized carbons (Fsp3) is 0.400. The lowest BCUT2D eigenvalue weighted by atomic mass is 10.1. The molecule has 0 aliphatic carbocycles. The van der Waals surface area contributed by atoms with Crippen LogP contribution in [-0.2, 0) is 10.0 Å². The van der Waals surface area contributed by atoms with Gasteiger partial charge in [0.1, 0.15) is 5.82 Å². The van der Waals surface area contributed by atoms with E-state index in [0.29, 0.717) is 45.0 Å². The number of hydrogen-bond donors (Lipinski definition) is 1. The summed E-state index contributed by atoms with van der Waals surface area (Å²) >= 11 is 0. The van der Waals surface area contributed by atoms with Crippen LogP contribution in [0, 0.1) is 6.92 Å². The number of amides is 1. The van der Waals surface area contributed by atoms with Gasteiger partial charge in [-0.3, -0.25) is 4.90 Å². The highest BCUT2D eigenvalue weighted by Gasteiger charge is 2.29. The van der Waals surface area contributed by atoms with Crippen LogP contribution >= 0.6 is 0 Å². The second kappa shape index (κ2) is 7.77. The molecular weight excluding hydrogens is 406 g/mol. The summed E-state index contributed by atoms with van der Waals surface area (Å²) in [6.45, 7) is 4.99. The van der Waals surface area contributed by atoms with Gasteiger partial charge in [-0.2, -0.15) is 4.31 Å². The van der Waals surface area contributed by atoms with Crippen molar-refractivity contribution >= 4 is 39.0 Å². The molecule has 1 amide bonds. The molecule has 0 atom stereocenters. The van der Waals surface area contributed by atoms with E-state index < -0.39 is 16.1 Å². The van der Waals surface area contributed by atoms with Gasteiger partial charge in [-0.15, -0.1) is 0 Å². The van der Waals surface area contributed by atoms with Crippen LogP contribution < -0.4 is 14.7 Å². The van der Waals surface area contributed by atoms with E-state index in [1.807, 2.05) is 42.2 Å². The number of benzene rings is 1. The van der Waals surface area contributed by atoms with Gasteiger partial charge in [0.2, 0.25) is 10.0 Å². The summed E-state index contributed by atoms with van der Waals surface area (Å²) in [5, 5.41) is 9.48. The van der Waals surface area contributed by atoms with E-state index in [1.54, 1.807) is 6.07 Å². The first-order valence-electron chi connectivity index (χ1n) is 9.80. The summed E-state index contributed by atoms with van der Waals surface area (Å²) in [4.78, 5) is 21.9. The van der Waals surface area contributed by atoms with Crippen molar-refractivity contribution in [2.75, 3.05) is 60.2 Å². The highest BCUT2D eigenvalue weighted by atomic mass is 32.2. The number of fused-ring (bicyclic) bond motifs is 1. The van der Waals surface area contributed by atoms with Crippen LogP contribution in [-0.4, -0.2) is 74.4 Å². The second-order valence-corrected chi connectivity index (χ2v) is 9.48. The van der Waals surface area contributed by atoms with Gasteiger partial charge in [0.15, 0.2) is 0 Å². The van der Waals surface area contributed by atoms with Crippen molar-refractivity contribution in [2.24, 2.45) is 0 Å². The third-order valence-electron chi connectivity index (χ3n) is 5.61. The molecule has 3 heterocycles. The number of carbonyl (C=O) groups is 1. The molecule has 0 saturated carbocycles. The topological polar surface area (TPSA) is 97.3 Å². The van der Waals surface area contributed by atoms with E-state index >= 15 is 0 Å². The quantitative estimate of drug-likeness (QED) is 0.795.